The Hall–Kier alpha value is -0.430. The Bertz CT molecular complexity index is 440. The van der Waals surface area contributed by atoms with Crippen molar-refractivity contribution >= 4 is 15.9 Å². The van der Waals surface area contributed by atoms with E-state index in [2.05, 4.69) is 40.3 Å². The zero-order chi connectivity index (χ0) is 14.0. The van der Waals surface area contributed by atoms with Gasteiger partial charge in [0.2, 0.25) is 0 Å². The van der Waals surface area contributed by atoms with Crippen molar-refractivity contribution in [1.82, 2.24) is 15.2 Å². The van der Waals surface area contributed by atoms with Crippen LogP contribution in [-0.4, -0.2) is 28.0 Å². The van der Waals surface area contributed by atoms with Crippen molar-refractivity contribution in [2.45, 2.75) is 58.2 Å². The molecule has 1 aliphatic rings. The molecule has 0 amide bonds. The Kier molecular flexibility index (Phi) is 4.66. The first kappa shape index (κ1) is 15.0. The summed E-state index contributed by atoms with van der Waals surface area (Å²) in [6.07, 6.45) is 2.95. The number of ether oxygens (including phenoxy) is 1. The van der Waals surface area contributed by atoms with Gasteiger partial charge in [0.15, 0.2) is 0 Å². The number of nitrogens with one attached hydrogen (secondary N) is 1. The van der Waals surface area contributed by atoms with Crippen molar-refractivity contribution in [3.63, 3.8) is 0 Å². The van der Waals surface area contributed by atoms with Gasteiger partial charge in [-0.05, 0) is 49.5 Å². The third-order valence-electron chi connectivity index (χ3n) is 4.04. The number of hydrogen-bond acceptors (Lipinski definition) is 4. The maximum absolute atomic E-state index is 5.90. The largest absolute Gasteiger partial charge is 0.374 e. The van der Waals surface area contributed by atoms with Crippen molar-refractivity contribution in [1.29, 1.82) is 0 Å². The third-order valence-corrected chi connectivity index (χ3v) is 5.07. The number of halogens is 1. The molecule has 2 unspecified atom stereocenters. The molecule has 0 spiro atoms. The average Bonchev–Trinajstić information content (AvgIpc) is 2.94. The zero-order valence-corrected chi connectivity index (χ0v) is 13.5. The van der Waals surface area contributed by atoms with Crippen LogP contribution >= 0.6 is 15.9 Å². The van der Waals surface area contributed by atoms with E-state index in [1.165, 1.54) is 5.69 Å². The van der Waals surface area contributed by atoms with Gasteiger partial charge in [-0.1, -0.05) is 0 Å². The predicted octanol–water partition coefficient (Wildman–Crippen LogP) is 1.92. The summed E-state index contributed by atoms with van der Waals surface area (Å²) in [5, 5.41) is 4.53. The van der Waals surface area contributed by atoms with E-state index in [0.29, 0.717) is 0 Å². The van der Waals surface area contributed by atoms with Gasteiger partial charge >= 0.3 is 0 Å². The lowest BCUT2D eigenvalue weighted by molar-refractivity contribution is -0.0120. The maximum Gasteiger partial charge on any atom is 0.0824 e. The molecule has 1 fully saturated rings. The molecular weight excluding hydrogens is 308 g/mol. The van der Waals surface area contributed by atoms with Crippen molar-refractivity contribution in [2.75, 3.05) is 6.61 Å². The molecule has 1 aliphatic heterocycles. The van der Waals surface area contributed by atoms with Crippen molar-refractivity contribution in [2.24, 2.45) is 5.84 Å². The van der Waals surface area contributed by atoms with Gasteiger partial charge in [-0.2, -0.15) is 5.10 Å². The number of hydrazine groups is 1. The number of rotatable bonds is 5. The Morgan fingerprint density at radius 1 is 1.63 bits per heavy atom. The SMILES string of the molecule is CCn1nc(C)c(Br)c1CC(NN)C1(C)CCCO1. The van der Waals surface area contributed by atoms with E-state index in [9.17, 15) is 0 Å². The highest BCUT2D eigenvalue weighted by atomic mass is 79.9. The Morgan fingerprint density at radius 2 is 2.37 bits per heavy atom. The average molecular weight is 331 g/mol. The lowest BCUT2D eigenvalue weighted by atomic mass is 9.90. The molecule has 19 heavy (non-hydrogen) atoms. The van der Waals surface area contributed by atoms with E-state index < -0.39 is 0 Å². The predicted molar refractivity (Wildman–Crippen MR) is 78.7 cm³/mol. The summed E-state index contributed by atoms with van der Waals surface area (Å²) in [7, 11) is 0. The summed E-state index contributed by atoms with van der Waals surface area (Å²) in [5.41, 5.74) is 4.94. The van der Waals surface area contributed by atoms with Crippen LogP contribution in [0.25, 0.3) is 0 Å². The lowest BCUT2D eigenvalue weighted by Gasteiger charge is -2.33. The van der Waals surface area contributed by atoms with E-state index in [0.717, 1.165) is 42.6 Å². The van der Waals surface area contributed by atoms with E-state index in [1.54, 1.807) is 0 Å². The molecule has 108 valence electrons. The molecule has 1 saturated heterocycles. The summed E-state index contributed by atoms with van der Waals surface area (Å²) < 4.78 is 9.01. The van der Waals surface area contributed by atoms with Gasteiger partial charge in [0.1, 0.15) is 0 Å². The second-order valence-electron chi connectivity index (χ2n) is 5.35. The number of aryl methyl sites for hydroxylation is 2. The minimum atomic E-state index is -0.190. The highest BCUT2D eigenvalue weighted by Gasteiger charge is 2.38. The monoisotopic (exact) mass is 330 g/mol. The van der Waals surface area contributed by atoms with E-state index in [1.807, 2.05) is 11.6 Å². The minimum absolute atomic E-state index is 0.0905. The van der Waals surface area contributed by atoms with Crippen LogP contribution in [0.1, 0.15) is 38.1 Å². The van der Waals surface area contributed by atoms with Crippen molar-refractivity contribution in [3.05, 3.63) is 15.9 Å². The van der Waals surface area contributed by atoms with Crippen LogP contribution in [-0.2, 0) is 17.7 Å². The first-order valence-corrected chi connectivity index (χ1v) is 7.63. The molecule has 2 heterocycles. The minimum Gasteiger partial charge on any atom is -0.374 e. The molecule has 1 aromatic rings. The van der Waals surface area contributed by atoms with Crippen molar-refractivity contribution in [3.8, 4) is 0 Å². The van der Waals surface area contributed by atoms with Crippen LogP contribution in [0.15, 0.2) is 4.47 Å². The number of aromatic nitrogens is 2. The van der Waals surface area contributed by atoms with Crippen LogP contribution in [0.5, 0.6) is 0 Å². The Morgan fingerprint density at radius 3 is 2.89 bits per heavy atom. The summed E-state index contributed by atoms with van der Waals surface area (Å²) in [6, 6.07) is 0.0905. The lowest BCUT2D eigenvalue weighted by Crippen LogP contribution is -2.52. The topological polar surface area (TPSA) is 65.1 Å². The second-order valence-corrected chi connectivity index (χ2v) is 6.14. The molecule has 0 radical (unpaired) electrons. The molecule has 3 N–H and O–H groups in total. The van der Waals surface area contributed by atoms with Crippen molar-refractivity contribution < 1.29 is 4.74 Å². The second kappa shape index (κ2) is 5.91. The van der Waals surface area contributed by atoms with Crippen LogP contribution in [0.3, 0.4) is 0 Å². The maximum atomic E-state index is 5.90. The molecule has 0 aliphatic carbocycles. The van der Waals surface area contributed by atoms with Gasteiger partial charge in [0, 0.05) is 19.6 Å². The van der Waals surface area contributed by atoms with Crippen LogP contribution in [0, 0.1) is 6.92 Å². The van der Waals surface area contributed by atoms with Gasteiger partial charge in [-0.3, -0.25) is 16.0 Å². The highest BCUT2D eigenvalue weighted by molar-refractivity contribution is 9.10. The van der Waals surface area contributed by atoms with E-state index >= 15 is 0 Å². The van der Waals surface area contributed by atoms with E-state index in [-0.39, 0.29) is 11.6 Å². The Labute approximate surface area is 123 Å². The molecule has 1 aromatic heterocycles. The number of hydrogen-bond donors (Lipinski definition) is 2. The first-order valence-electron chi connectivity index (χ1n) is 6.83. The van der Waals surface area contributed by atoms with Gasteiger partial charge in [-0.15, -0.1) is 0 Å². The molecule has 0 bridgehead atoms. The van der Waals surface area contributed by atoms with Gasteiger partial charge in [-0.25, -0.2) is 0 Å². The number of nitrogens with zero attached hydrogens (tertiary/aromatic N) is 2. The Balaban J connectivity index is 2.23. The molecule has 5 nitrogen and oxygen atoms in total. The molecular formula is C13H23BrN4O. The normalized spacial score (nSPS) is 24.9. The van der Waals surface area contributed by atoms with E-state index in [4.69, 9.17) is 10.6 Å². The van der Waals surface area contributed by atoms with Crippen LogP contribution < -0.4 is 11.3 Å². The molecule has 2 atom stereocenters. The molecule has 2 rings (SSSR count). The first-order chi connectivity index (χ1) is 9.01. The fraction of sp³-hybridized carbons (Fsp3) is 0.769. The number of nitrogens with two attached hydrogens (primary N) is 1. The van der Waals surface area contributed by atoms with Crippen LogP contribution in [0.2, 0.25) is 0 Å². The quantitative estimate of drug-likeness (QED) is 0.639. The van der Waals surface area contributed by atoms with Gasteiger partial charge in [0.05, 0.1) is 27.5 Å². The smallest absolute Gasteiger partial charge is 0.0824 e. The standard InChI is InChI=1S/C13H23BrN4O/c1-4-18-10(12(14)9(2)17-18)8-11(16-15)13(3)6-5-7-19-13/h11,16H,4-8,15H2,1-3H3. The fourth-order valence-corrected chi connectivity index (χ4v) is 3.23. The molecule has 0 saturated carbocycles. The summed E-state index contributed by atoms with van der Waals surface area (Å²) in [6.45, 7) is 7.93. The zero-order valence-electron chi connectivity index (χ0n) is 11.9. The fourth-order valence-electron chi connectivity index (χ4n) is 2.78. The summed E-state index contributed by atoms with van der Waals surface area (Å²) in [5.74, 6) is 5.76. The highest BCUT2D eigenvalue weighted by Crippen LogP contribution is 2.32. The van der Waals surface area contributed by atoms with Gasteiger partial charge < -0.3 is 4.74 Å². The molecule has 6 heteroatoms. The van der Waals surface area contributed by atoms with Gasteiger partial charge in [0.25, 0.3) is 0 Å². The summed E-state index contributed by atoms with van der Waals surface area (Å²) >= 11 is 3.63. The summed E-state index contributed by atoms with van der Waals surface area (Å²) in [4.78, 5) is 0. The van der Waals surface area contributed by atoms with Crippen LogP contribution in [0.4, 0.5) is 0 Å². The molecule has 0 aromatic carbocycles. The third kappa shape index (κ3) is 2.86.